The maximum absolute atomic E-state index is 13.2. The molecule has 0 spiro atoms. The minimum absolute atomic E-state index is 0.120. The Bertz CT molecular complexity index is 1330. The molecule has 2 heterocycles. The number of thiazole rings is 1. The normalized spacial score (nSPS) is 16.2. The predicted molar refractivity (Wildman–Crippen MR) is 127 cm³/mol. The molecule has 1 saturated heterocycles. The van der Waals surface area contributed by atoms with Crippen molar-refractivity contribution in [1.82, 2.24) is 15.8 Å². The van der Waals surface area contributed by atoms with E-state index in [1.807, 2.05) is 19.1 Å². The van der Waals surface area contributed by atoms with E-state index in [0.29, 0.717) is 34.9 Å². The van der Waals surface area contributed by atoms with Gasteiger partial charge in [-0.3, -0.25) is 0 Å². The van der Waals surface area contributed by atoms with E-state index in [1.165, 1.54) is 17.4 Å². The summed E-state index contributed by atoms with van der Waals surface area (Å²) < 4.78 is 39.9. The number of fused-ring (bicyclic) bond motifs is 1. The van der Waals surface area contributed by atoms with Crippen LogP contribution in [0, 0.1) is 6.92 Å². The first-order chi connectivity index (χ1) is 15.2. The molecular weight excluding hydrogens is 472 g/mol. The molecule has 10 N–H and O–H groups in total. The molecule has 170 valence electrons. The van der Waals surface area contributed by atoms with Crippen LogP contribution in [0.3, 0.4) is 0 Å². The van der Waals surface area contributed by atoms with Gasteiger partial charge in [0.15, 0.2) is 20.8 Å². The van der Waals surface area contributed by atoms with Crippen molar-refractivity contribution in [3.63, 3.8) is 0 Å². The van der Waals surface area contributed by atoms with Gasteiger partial charge in [0.05, 0.1) is 32.4 Å². The molecular formula is C18H22N8O3S3. The molecule has 1 fully saturated rings. The van der Waals surface area contributed by atoms with Crippen LogP contribution in [0.15, 0.2) is 39.2 Å². The first-order valence-electron chi connectivity index (χ1n) is 9.39. The lowest BCUT2D eigenvalue weighted by Gasteiger charge is -2.28. The van der Waals surface area contributed by atoms with Crippen LogP contribution in [0.4, 0.5) is 5.13 Å². The number of rotatable bonds is 6. The second kappa shape index (κ2) is 8.47. The maximum atomic E-state index is 13.2. The van der Waals surface area contributed by atoms with Crippen molar-refractivity contribution < 1.29 is 13.0 Å². The summed E-state index contributed by atoms with van der Waals surface area (Å²) >= 11 is -0.925. The van der Waals surface area contributed by atoms with Crippen LogP contribution < -0.4 is 33.3 Å². The van der Waals surface area contributed by atoms with Gasteiger partial charge in [-0.05, 0) is 24.1 Å². The number of sulfone groups is 1. The van der Waals surface area contributed by atoms with Crippen molar-refractivity contribution in [1.29, 1.82) is 0 Å². The van der Waals surface area contributed by atoms with Gasteiger partial charge in [-0.25, -0.2) is 24.8 Å². The molecule has 14 heteroatoms. The number of amidine groups is 1. The van der Waals surface area contributed by atoms with E-state index in [4.69, 9.17) is 22.4 Å². The van der Waals surface area contributed by atoms with Crippen molar-refractivity contribution in [2.45, 2.75) is 22.0 Å². The fourth-order valence-corrected chi connectivity index (χ4v) is 7.48. The van der Waals surface area contributed by atoms with Crippen molar-refractivity contribution in [3.8, 4) is 11.1 Å². The Morgan fingerprint density at radius 1 is 1.31 bits per heavy atom. The van der Waals surface area contributed by atoms with Gasteiger partial charge in [0.25, 0.3) is 0 Å². The quantitative estimate of drug-likeness (QED) is 0.0862. The number of anilines is 1. The van der Waals surface area contributed by atoms with Crippen molar-refractivity contribution in [2.75, 3.05) is 18.8 Å². The summed E-state index contributed by atoms with van der Waals surface area (Å²) in [6, 6.07) is 6.71. The number of aryl methyl sites for hydroxylation is 1. The van der Waals surface area contributed by atoms with E-state index in [9.17, 15) is 13.0 Å². The first-order valence-corrected chi connectivity index (χ1v) is 13.0. The summed E-state index contributed by atoms with van der Waals surface area (Å²) in [5.74, 6) is 5.16. The lowest BCUT2D eigenvalue weighted by Crippen LogP contribution is -2.51. The maximum Gasteiger partial charge on any atom is 0.203 e. The Morgan fingerprint density at radius 2 is 2.00 bits per heavy atom. The average molecular weight is 495 g/mol. The number of nitrogen functional groups attached to an aromatic ring is 1. The van der Waals surface area contributed by atoms with Gasteiger partial charge in [0.1, 0.15) is 4.90 Å². The minimum atomic E-state index is -3.82. The van der Waals surface area contributed by atoms with Crippen LogP contribution in [0.1, 0.15) is 11.1 Å². The molecule has 1 aliphatic rings. The molecule has 1 aromatic heterocycles. The van der Waals surface area contributed by atoms with Crippen LogP contribution >= 0.6 is 11.3 Å². The molecule has 1 unspecified atom stereocenters. The largest absolute Gasteiger partial charge is 0.593 e. The van der Waals surface area contributed by atoms with E-state index in [1.54, 1.807) is 6.07 Å². The number of nitrogens with zero attached hydrogens (tertiary/aromatic N) is 2. The van der Waals surface area contributed by atoms with Crippen molar-refractivity contribution >= 4 is 53.7 Å². The summed E-state index contributed by atoms with van der Waals surface area (Å²) in [6.07, 6.45) is 0. The molecule has 0 saturated carbocycles. The Hall–Kier alpha value is -2.46. The zero-order valence-corrected chi connectivity index (χ0v) is 19.4. The highest BCUT2D eigenvalue weighted by atomic mass is 32.2. The van der Waals surface area contributed by atoms with Crippen LogP contribution in [0.5, 0.6) is 0 Å². The topological polar surface area (TPSA) is 211 Å². The van der Waals surface area contributed by atoms with Gasteiger partial charge in [-0.15, -0.1) is 10.2 Å². The first kappa shape index (κ1) is 22.7. The summed E-state index contributed by atoms with van der Waals surface area (Å²) in [5, 5.41) is 12.3. The molecule has 32 heavy (non-hydrogen) atoms. The highest BCUT2D eigenvalue weighted by molar-refractivity contribution is 7.94. The third-order valence-corrected chi connectivity index (χ3v) is 9.34. The number of nitrogens with two attached hydrogens (primary N) is 4. The van der Waals surface area contributed by atoms with Crippen LogP contribution in [0.25, 0.3) is 21.3 Å². The second-order valence-electron chi connectivity index (χ2n) is 7.22. The van der Waals surface area contributed by atoms with Crippen LogP contribution in [0.2, 0.25) is 0 Å². The molecule has 3 aromatic rings. The second-order valence-corrected chi connectivity index (χ2v) is 11.5. The fourth-order valence-electron chi connectivity index (χ4n) is 3.61. The zero-order valence-electron chi connectivity index (χ0n) is 17.0. The number of nitrogens with one attached hydrogen (secondary N) is 2. The van der Waals surface area contributed by atoms with Gasteiger partial charge in [-0.2, -0.15) is 0 Å². The average Bonchev–Trinajstić information content (AvgIpc) is 3.08. The molecule has 0 aliphatic carbocycles. The molecule has 0 amide bonds. The van der Waals surface area contributed by atoms with Crippen molar-refractivity contribution in [2.24, 2.45) is 21.8 Å². The van der Waals surface area contributed by atoms with Crippen LogP contribution in [-0.2, 0) is 21.2 Å². The SMILES string of the molecule is Cc1ccc(-c2ccc(S(=O)(=O)C3CNC3)c([S+](N)[O-])c2/C(N)=N/NN)c2sc(N)nc12. The number of hydrogen-bond donors (Lipinski definition) is 6. The number of aromatic nitrogens is 1. The van der Waals surface area contributed by atoms with E-state index in [-0.39, 0.29) is 21.2 Å². The lowest BCUT2D eigenvalue weighted by molar-refractivity contribution is 0.493. The van der Waals surface area contributed by atoms with E-state index < -0.39 is 26.4 Å². The fraction of sp³-hybridized carbons (Fsp3) is 0.222. The number of hydrogen-bond acceptors (Lipinski definition) is 11. The highest BCUT2D eigenvalue weighted by Crippen LogP contribution is 2.40. The highest BCUT2D eigenvalue weighted by Gasteiger charge is 2.39. The predicted octanol–water partition coefficient (Wildman–Crippen LogP) is -0.336. The van der Waals surface area contributed by atoms with Crippen LogP contribution in [-0.4, -0.2) is 42.1 Å². The van der Waals surface area contributed by atoms with Gasteiger partial charge >= 0.3 is 0 Å². The Labute approximate surface area is 191 Å². The smallest absolute Gasteiger partial charge is 0.203 e. The molecule has 1 aliphatic heterocycles. The van der Waals surface area contributed by atoms with Crippen molar-refractivity contribution in [3.05, 3.63) is 35.4 Å². The third kappa shape index (κ3) is 3.69. The number of hydrazine groups is 1. The summed E-state index contributed by atoms with van der Waals surface area (Å²) in [5.41, 5.74) is 17.1. The van der Waals surface area contributed by atoms with Gasteiger partial charge in [0.2, 0.25) is 4.90 Å². The molecule has 11 nitrogen and oxygen atoms in total. The van der Waals surface area contributed by atoms with E-state index >= 15 is 0 Å². The molecule has 2 aromatic carbocycles. The Morgan fingerprint density at radius 3 is 2.59 bits per heavy atom. The molecule has 0 radical (unpaired) electrons. The molecule has 0 bridgehead atoms. The Balaban J connectivity index is 2.08. The Kier molecular flexibility index (Phi) is 6.02. The zero-order chi connectivity index (χ0) is 23.2. The minimum Gasteiger partial charge on any atom is -0.593 e. The van der Waals surface area contributed by atoms with Gasteiger partial charge in [0, 0.05) is 18.7 Å². The van der Waals surface area contributed by atoms with Gasteiger partial charge in [-0.1, -0.05) is 29.5 Å². The third-order valence-electron chi connectivity index (χ3n) is 5.31. The van der Waals surface area contributed by atoms with Gasteiger partial charge < -0.3 is 21.3 Å². The van der Waals surface area contributed by atoms with E-state index in [0.717, 1.165) is 10.3 Å². The summed E-state index contributed by atoms with van der Waals surface area (Å²) in [6.45, 7) is 2.49. The van der Waals surface area contributed by atoms with E-state index in [2.05, 4.69) is 20.9 Å². The monoisotopic (exact) mass is 494 g/mol. The standard InChI is InChI=1S/C18H22N8O3S3/c1-8-2-3-11(15-14(8)24-18(20)30-15)10-4-5-12(32(28,29)9-6-23-7-9)16(31(22)27)13(10)17(19)25-26-21/h2-5,9,23,26H,6-7,21-22H2,1H3,(H2,19,25)(H2,20,24). The number of hydrazone groups is 1. The molecule has 4 rings (SSSR count). The summed E-state index contributed by atoms with van der Waals surface area (Å²) in [4.78, 5) is 4.11. The summed E-state index contributed by atoms with van der Waals surface area (Å²) in [7, 11) is -3.82. The molecule has 1 atom stereocenters. The lowest BCUT2D eigenvalue weighted by atomic mass is 9.97. The number of benzene rings is 2.